The van der Waals surface area contributed by atoms with E-state index < -0.39 is 29.1 Å². The fourth-order valence-electron chi connectivity index (χ4n) is 3.33. The van der Waals surface area contributed by atoms with E-state index in [1.54, 1.807) is 69.3 Å². The Bertz CT molecular complexity index is 1210. The van der Waals surface area contributed by atoms with Gasteiger partial charge < -0.3 is 11.1 Å². The van der Waals surface area contributed by atoms with Crippen LogP contribution in [0.1, 0.15) is 31.9 Å². The second-order valence-corrected chi connectivity index (χ2v) is 8.15. The van der Waals surface area contributed by atoms with Crippen molar-refractivity contribution in [3.63, 3.8) is 0 Å². The number of para-hydroxylation sites is 2. The second kappa shape index (κ2) is 7.87. The molecule has 0 aliphatic heterocycles. The molecule has 1 aromatic heterocycles. The van der Waals surface area contributed by atoms with Crippen LogP contribution >= 0.6 is 0 Å². The normalized spacial score (nSPS) is 12.3. The lowest BCUT2D eigenvalue weighted by molar-refractivity contribution is -0.122. The third kappa shape index (κ3) is 3.96. The predicted molar refractivity (Wildman–Crippen MR) is 113 cm³/mol. The van der Waals surface area contributed by atoms with Gasteiger partial charge in [0.25, 0.3) is 0 Å². The number of hydrogen-bond acceptors (Lipinski definition) is 4. The molecule has 1 heterocycles. The Morgan fingerprint density at radius 1 is 1.10 bits per heavy atom. The van der Waals surface area contributed by atoms with E-state index in [0.29, 0.717) is 16.6 Å². The average molecular weight is 405 g/mol. The number of carbonyl (C=O) groups excluding carboxylic acids is 2. The first-order valence-electron chi connectivity index (χ1n) is 9.43. The van der Waals surface area contributed by atoms with Crippen molar-refractivity contribution < 1.29 is 9.59 Å². The van der Waals surface area contributed by atoms with Gasteiger partial charge in [-0.3, -0.25) is 9.36 Å². The van der Waals surface area contributed by atoms with Crippen LogP contribution in [-0.2, 0) is 11.3 Å². The number of rotatable bonds is 4. The highest BCUT2D eigenvalue weighted by molar-refractivity contribution is 5.92. The van der Waals surface area contributed by atoms with Crippen molar-refractivity contribution in [2.45, 2.75) is 33.4 Å². The lowest BCUT2D eigenvalue weighted by Gasteiger charge is -2.28. The fourth-order valence-corrected chi connectivity index (χ4v) is 3.33. The number of primary amides is 1. The van der Waals surface area contributed by atoms with Gasteiger partial charge in [-0.05, 0) is 35.2 Å². The highest BCUT2D eigenvalue weighted by Gasteiger charge is 2.32. The maximum Gasteiger partial charge on any atom is 0.337 e. The summed E-state index contributed by atoms with van der Waals surface area (Å²) in [6.07, 6.45) is 0. The number of amides is 2. The molecule has 0 bridgehead atoms. The van der Waals surface area contributed by atoms with Gasteiger partial charge in [0.2, 0.25) is 5.91 Å². The van der Waals surface area contributed by atoms with Gasteiger partial charge in [-0.1, -0.05) is 45.0 Å². The highest BCUT2D eigenvalue weighted by Crippen LogP contribution is 2.20. The summed E-state index contributed by atoms with van der Waals surface area (Å²) in [4.78, 5) is 38.0. The molecule has 0 unspecified atom stereocenters. The van der Waals surface area contributed by atoms with Crippen LogP contribution in [0.4, 0.5) is 4.79 Å². The summed E-state index contributed by atoms with van der Waals surface area (Å²) in [5.41, 5.74) is 6.64. The number of fused-ring (bicyclic) bond motifs is 1. The summed E-state index contributed by atoms with van der Waals surface area (Å²) in [6, 6.07) is 14.2. The van der Waals surface area contributed by atoms with Gasteiger partial charge in [-0.2, -0.15) is 5.26 Å². The van der Waals surface area contributed by atoms with Crippen molar-refractivity contribution in [2.75, 3.05) is 0 Å². The Morgan fingerprint density at radius 3 is 2.23 bits per heavy atom. The monoisotopic (exact) mass is 405 g/mol. The Hall–Kier alpha value is -3.86. The minimum Gasteiger partial charge on any atom is -0.368 e. The molecule has 0 aliphatic carbocycles. The Labute approximate surface area is 173 Å². The first-order chi connectivity index (χ1) is 14.1. The third-order valence-corrected chi connectivity index (χ3v) is 4.88. The molecule has 0 spiro atoms. The minimum absolute atomic E-state index is 0.226. The van der Waals surface area contributed by atoms with Crippen LogP contribution in [0.2, 0.25) is 0 Å². The first-order valence-corrected chi connectivity index (χ1v) is 9.43. The molecule has 8 nitrogen and oxygen atoms in total. The van der Waals surface area contributed by atoms with Gasteiger partial charge in [0.15, 0.2) is 0 Å². The summed E-state index contributed by atoms with van der Waals surface area (Å²) >= 11 is 0. The zero-order valence-corrected chi connectivity index (χ0v) is 17.0. The topological polar surface area (TPSA) is 123 Å². The summed E-state index contributed by atoms with van der Waals surface area (Å²) in [5, 5.41) is 11.5. The Kier molecular flexibility index (Phi) is 5.47. The second-order valence-electron chi connectivity index (χ2n) is 8.15. The quantitative estimate of drug-likeness (QED) is 0.690. The molecule has 0 aliphatic rings. The van der Waals surface area contributed by atoms with E-state index in [1.165, 1.54) is 4.57 Å². The van der Waals surface area contributed by atoms with Crippen molar-refractivity contribution in [2.24, 2.45) is 11.1 Å². The van der Waals surface area contributed by atoms with Crippen LogP contribution in [0.5, 0.6) is 0 Å². The van der Waals surface area contributed by atoms with Gasteiger partial charge in [0.05, 0.1) is 29.2 Å². The molecule has 1 atom stereocenters. The molecule has 154 valence electrons. The largest absolute Gasteiger partial charge is 0.368 e. The average Bonchev–Trinajstić information content (AvgIpc) is 2.97. The lowest BCUT2D eigenvalue weighted by atomic mass is 9.86. The number of nitriles is 1. The number of nitrogens with two attached hydrogens (primary N) is 1. The number of carbonyl (C=O) groups is 2. The molecule has 2 aromatic carbocycles. The maximum absolute atomic E-state index is 13.2. The molecule has 0 radical (unpaired) electrons. The Morgan fingerprint density at radius 2 is 1.70 bits per heavy atom. The van der Waals surface area contributed by atoms with E-state index in [2.05, 4.69) is 11.4 Å². The fraction of sp³-hybridized carbons (Fsp3) is 0.273. The molecule has 0 saturated heterocycles. The van der Waals surface area contributed by atoms with Crippen LogP contribution in [0.3, 0.4) is 0 Å². The maximum atomic E-state index is 13.2. The summed E-state index contributed by atoms with van der Waals surface area (Å²) in [5.74, 6) is -0.676. The molecule has 8 heteroatoms. The molecule has 2 amide bonds. The van der Waals surface area contributed by atoms with Crippen molar-refractivity contribution in [1.82, 2.24) is 14.5 Å². The smallest absolute Gasteiger partial charge is 0.337 e. The van der Waals surface area contributed by atoms with Crippen molar-refractivity contribution in [3.8, 4) is 6.07 Å². The van der Waals surface area contributed by atoms with Crippen LogP contribution in [0.15, 0.2) is 53.3 Å². The van der Waals surface area contributed by atoms with E-state index in [0.717, 1.165) is 10.1 Å². The van der Waals surface area contributed by atoms with Gasteiger partial charge in [0, 0.05) is 0 Å². The molecular formula is C22H23N5O3. The van der Waals surface area contributed by atoms with Gasteiger partial charge in [-0.15, -0.1) is 0 Å². The predicted octanol–water partition coefficient (Wildman–Crippen LogP) is 2.18. The van der Waals surface area contributed by atoms with E-state index >= 15 is 0 Å². The molecule has 30 heavy (non-hydrogen) atoms. The number of hydrogen-bond donors (Lipinski definition) is 2. The summed E-state index contributed by atoms with van der Waals surface area (Å²) in [7, 11) is 0. The first kappa shape index (κ1) is 20.9. The molecule has 0 fully saturated rings. The van der Waals surface area contributed by atoms with Crippen LogP contribution < -0.4 is 16.7 Å². The minimum atomic E-state index is -0.947. The van der Waals surface area contributed by atoms with E-state index in [9.17, 15) is 14.4 Å². The van der Waals surface area contributed by atoms with Gasteiger partial charge >= 0.3 is 11.7 Å². The van der Waals surface area contributed by atoms with Crippen LogP contribution in [0, 0.1) is 16.7 Å². The number of nitrogens with one attached hydrogen (secondary N) is 1. The van der Waals surface area contributed by atoms with Crippen molar-refractivity contribution in [3.05, 3.63) is 70.1 Å². The van der Waals surface area contributed by atoms with Gasteiger partial charge in [-0.25, -0.2) is 14.2 Å². The SMILES string of the molecule is CC(C)(C)[C@H](NC(=O)n1c(=O)n(Cc2ccc(C#N)cc2)c2ccccc21)C(N)=O. The third-order valence-electron chi connectivity index (χ3n) is 4.88. The summed E-state index contributed by atoms with van der Waals surface area (Å²) < 4.78 is 2.49. The standard InChI is InChI=1S/C22H23N5O3/c1-22(2,3)18(19(24)28)25-20(29)27-17-7-5-4-6-16(17)26(21(27)30)13-15-10-8-14(12-23)9-11-15/h4-11,18H,13H2,1-3H3,(H2,24,28)(H,25,29)/t18-/m1/s1. The zero-order valence-electron chi connectivity index (χ0n) is 17.0. The Balaban J connectivity index is 2.05. The van der Waals surface area contributed by atoms with Gasteiger partial charge in [0.1, 0.15) is 6.04 Å². The van der Waals surface area contributed by atoms with Crippen LogP contribution in [-0.4, -0.2) is 27.1 Å². The van der Waals surface area contributed by atoms with Crippen molar-refractivity contribution in [1.29, 1.82) is 5.26 Å². The zero-order chi connectivity index (χ0) is 22.1. The molecule has 3 rings (SSSR count). The molecular weight excluding hydrogens is 382 g/mol. The lowest BCUT2D eigenvalue weighted by Crippen LogP contribution is -2.54. The van der Waals surface area contributed by atoms with E-state index in [4.69, 9.17) is 11.0 Å². The molecule has 0 saturated carbocycles. The number of benzene rings is 2. The summed E-state index contributed by atoms with van der Waals surface area (Å²) in [6.45, 7) is 5.56. The highest BCUT2D eigenvalue weighted by atomic mass is 16.2. The van der Waals surface area contributed by atoms with Crippen LogP contribution in [0.25, 0.3) is 11.0 Å². The van der Waals surface area contributed by atoms with E-state index in [-0.39, 0.29) is 6.54 Å². The molecule has 3 aromatic rings. The molecule has 3 N–H and O–H groups in total. The van der Waals surface area contributed by atoms with E-state index in [1.807, 2.05) is 0 Å². The van der Waals surface area contributed by atoms with Crippen molar-refractivity contribution >= 4 is 23.0 Å². The number of imidazole rings is 1. The number of aromatic nitrogens is 2. The number of nitrogens with zero attached hydrogens (tertiary/aromatic N) is 3.